The van der Waals surface area contributed by atoms with Gasteiger partial charge in [-0.3, -0.25) is 4.79 Å². The summed E-state index contributed by atoms with van der Waals surface area (Å²) in [7, 11) is 1.27. The number of benzene rings is 2. The summed E-state index contributed by atoms with van der Waals surface area (Å²) in [5.41, 5.74) is 9.12. The number of piperazine rings is 1. The number of amides is 1. The van der Waals surface area contributed by atoms with Gasteiger partial charge in [0.05, 0.1) is 18.4 Å². The second-order valence-electron chi connectivity index (χ2n) is 7.85. The summed E-state index contributed by atoms with van der Waals surface area (Å²) in [5, 5.41) is 9.29. The number of methoxy groups -OCH3 is 1. The molecule has 2 aromatic carbocycles. The standard InChI is InChI=1S/C26H25N5O3/c1-34-26(33)25-24(28)20(17-27)18-31(25)22-10-8-21(9-11-22)29-13-15-30(16-14-29)23(32)12-7-19-5-3-2-4-6-19/h2-12,18H,13-16,28H2,1H3. The summed E-state index contributed by atoms with van der Waals surface area (Å²) < 4.78 is 6.40. The highest BCUT2D eigenvalue weighted by molar-refractivity contribution is 5.96. The van der Waals surface area contributed by atoms with Crippen molar-refractivity contribution in [3.05, 3.63) is 83.7 Å². The van der Waals surface area contributed by atoms with E-state index in [1.165, 1.54) is 13.3 Å². The molecule has 0 saturated carbocycles. The summed E-state index contributed by atoms with van der Waals surface area (Å²) >= 11 is 0. The quantitative estimate of drug-likeness (QED) is 0.468. The summed E-state index contributed by atoms with van der Waals surface area (Å²) in [4.78, 5) is 28.8. The maximum Gasteiger partial charge on any atom is 0.357 e. The first-order valence-corrected chi connectivity index (χ1v) is 10.9. The molecular weight excluding hydrogens is 430 g/mol. The molecule has 0 radical (unpaired) electrons. The monoisotopic (exact) mass is 455 g/mol. The van der Waals surface area contributed by atoms with E-state index in [2.05, 4.69) is 4.90 Å². The van der Waals surface area contributed by atoms with Crippen molar-refractivity contribution in [3.63, 3.8) is 0 Å². The van der Waals surface area contributed by atoms with Gasteiger partial charge in [-0.2, -0.15) is 5.26 Å². The minimum Gasteiger partial charge on any atom is -0.464 e. The zero-order chi connectivity index (χ0) is 24.1. The largest absolute Gasteiger partial charge is 0.464 e. The number of nitrogen functional groups attached to an aromatic ring is 1. The van der Waals surface area contributed by atoms with Crippen molar-refractivity contribution >= 4 is 29.3 Å². The first-order chi connectivity index (χ1) is 16.5. The van der Waals surface area contributed by atoms with Crippen LogP contribution in [0.25, 0.3) is 11.8 Å². The first kappa shape index (κ1) is 22.7. The number of anilines is 2. The zero-order valence-electron chi connectivity index (χ0n) is 18.8. The second kappa shape index (κ2) is 9.96. The van der Waals surface area contributed by atoms with Crippen molar-refractivity contribution in [3.8, 4) is 11.8 Å². The number of nitrogens with zero attached hydrogens (tertiary/aromatic N) is 4. The molecule has 1 saturated heterocycles. The number of hydrogen-bond acceptors (Lipinski definition) is 6. The Morgan fingerprint density at radius 1 is 1.00 bits per heavy atom. The predicted octanol–water partition coefficient (Wildman–Crippen LogP) is 3.08. The van der Waals surface area contributed by atoms with E-state index in [1.54, 1.807) is 10.6 Å². The fourth-order valence-corrected chi connectivity index (χ4v) is 3.96. The van der Waals surface area contributed by atoms with E-state index >= 15 is 0 Å². The van der Waals surface area contributed by atoms with Gasteiger partial charge in [0.15, 0.2) is 5.69 Å². The summed E-state index contributed by atoms with van der Waals surface area (Å²) in [5.74, 6) is -0.599. The molecule has 2 N–H and O–H groups in total. The molecule has 8 nitrogen and oxygen atoms in total. The lowest BCUT2D eigenvalue weighted by atomic mass is 10.2. The van der Waals surface area contributed by atoms with Crippen LogP contribution >= 0.6 is 0 Å². The molecule has 1 aliphatic rings. The van der Waals surface area contributed by atoms with Crippen molar-refractivity contribution in [2.45, 2.75) is 0 Å². The van der Waals surface area contributed by atoms with E-state index in [-0.39, 0.29) is 22.9 Å². The van der Waals surface area contributed by atoms with E-state index in [0.29, 0.717) is 31.9 Å². The van der Waals surface area contributed by atoms with Crippen LogP contribution in [0.3, 0.4) is 0 Å². The van der Waals surface area contributed by atoms with E-state index in [9.17, 15) is 14.9 Å². The third-order valence-electron chi connectivity index (χ3n) is 5.85. The molecule has 1 aromatic heterocycles. The molecule has 1 aliphatic heterocycles. The van der Waals surface area contributed by atoms with Gasteiger partial charge in [-0.25, -0.2) is 4.79 Å². The summed E-state index contributed by atoms with van der Waals surface area (Å²) in [6.45, 7) is 2.69. The Morgan fingerprint density at radius 3 is 2.26 bits per heavy atom. The smallest absolute Gasteiger partial charge is 0.357 e. The molecule has 0 unspecified atom stereocenters. The van der Waals surface area contributed by atoms with E-state index < -0.39 is 5.97 Å². The van der Waals surface area contributed by atoms with Crippen molar-refractivity contribution in [2.24, 2.45) is 0 Å². The fourth-order valence-electron chi connectivity index (χ4n) is 3.96. The molecule has 34 heavy (non-hydrogen) atoms. The average Bonchev–Trinajstić information content (AvgIpc) is 3.23. The third-order valence-corrected chi connectivity index (χ3v) is 5.85. The Labute approximate surface area is 198 Å². The number of ether oxygens (including phenoxy) is 1. The third kappa shape index (κ3) is 4.64. The van der Waals surface area contributed by atoms with Crippen LogP contribution < -0.4 is 10.6 Å². The van der Waals surface area contributed by atoms with Gasteiger partial charge in [-0.05, 0) is 35.9 Å². The fraction of sp³-hybridized carbons (Fsp3) is 0.192. The van der Waals surface area contributed by atoms with E-state index in [0.717, 1.165) is 11.3 Å². The van der Waals surface area contributed by atoms with Gasteiger partial charge in [0.1, 0.15) is 6.07 Å². The van der Waals surface area contributed by atoms with Gasteiger partial charge in [0.2, 0.25) is 5.91 Å². The number of carbonyl (C=O) groups excluding carboxylic acids is 2. The van der Waals surface area contributed by atoms with Crippen molar-refractivity contribution < 1.29 is 14.3 Å². The molecule has 8 heteroatoms. The minimum atomic E-state index is -0.606. The van der Waals surface area contributed by atoms with Crippen LogP contribution in [-0.4, -0.2) is 54.6 Å². The second-order valence-corrected chi connectivity index (χ2v) is 7.85. The normalized spacial score (nSPS) is 13.6. The van der Waals surface area contributed by atoms with Crippen LogP contribution in [0.2, 0.25) is 0 Å². The Balaban J connectivity index is 1.42. The number of nitriles is 1. The summed E-state index contributed by atoms with van der Waals surface area (Å²) in [6, 6.07) is 19.4. The lowest BCUT2D eigenvalue weighted by Gasteiger charge is -2.35. The molecule has 0 atom stereocenters. The van der Waals surface area contributed by atoms with Gasteiger partial charge >= 0.3 is 5.97 Å². The Bertz CT molecular complexity index is 1250. The van der Waals surface area contributed by atoms with Crippen molar-refractivity contribution in [2.75, 3.05) is 43.9 Å². The topological polar surface area (TPSA) is 105 Å². The maximum atomic E-state index is 12.5. The number of hydrogen-bond donors (Lipinski definition) is 1. The lowest BCUT2D eigenvalue weighted by molar-refractivity contribution is -0.126. The molecule has 0 spiro atoms. The predicted molar refractivity (Wildman–Crippen MR) is 131 cm³/mol. The molecule has 2 heterocycles. The van der Waals surface area contributed by atoms with Crippen LogP contribution in [0.4, 0.5) is 11.4 Å². The number of carbonyl (C=O) groups is 2. The molecule has 1 amide bonds. The van der Waals surface area contributed by atoms with Crippen LogP contribution in [0.15, 0.2) is 66.9 Å². The van der Waals surface area contributed by atoms with Gasteiger partial charge in [0.25, 0.3) is 0 Å². The highest BCUT2D eigenvalue weighted by Gasteiger charge is 2.23. The highest BCUT2D eigenvalue weighted by Crippen LogP contribution is 2.26. The number of aromatic nitrogens is 1. The molecular formula is C26H25N5O3. The molecule has 1 fully saturated rings. The lowest BCUT2D eigenvalue weighted by Crippen LogP contribution is -2.48. The van der Waals surface area contributed by atoms with E-state index in [4.69, 9.17) is 10.5 Å². The zero-order valence-corrected chi connectivity index (χ0v) is 18.8. The van der Waals surface area contributed by atoms with Crippen LogP contribution in [-0.2, 0) is 9.53 Å². The van der Waals surface area contributed by atoms with Gasteiger partial charge in [-0.15, -0.1) is 0 Å². The van der Waals surface area contributed by atoms with Crippen LogP contribution in [0, 0.1) is 11.3 Å². The molecule has 0 aliphatic carbocycles. The maximum absolute atomic E-state index is 12.5. The van der Waals surface area contributed by atoms with Gasteiger partial charge in [0, 0.05) is 49.8 Å². The SMILES string of the molecule is COC(=O)c1c(N)c(C#N)cn1-c1ccc(N2CCN(C(=O)C=Cc3ccccc3)CC2)cc1. The van der Waals surface area contributed by atoms with Gasteiger partial charge < -0.3 is 24.8 Å². The number of esters is 1. The molecule has 0 bridgehead atoms. The van der Waals surface area contributed by atoms with E-state index in [1.807, 2.05) is 71.6 Å². The average molecular weight is 456 g/mol. The first-order valence-electron chi connectivity index (χ1n) is 10.9. The van der Waals surface area contributed by atoms with Crippen molar-refractivity contribution in [1.82, 2.24) is 9.47 Å². The number of rotatable bonds is 5. The Hall–Kier alpha value is -4.51. The highest BCUT2D eigenvalue weighted by atomic mass is 16.5. The Morgan fingerprint density at radius 2 is 1.65 bits per heavy atom. The van der Waals surface area contributed by atoms with Gasteiger partial charge in [-0.1, -0.05) is 30.3 Å². The molecule has 172 valence electrons. The Kier molecular flexibility index (Phi) is 6.64. The summed E-state index contributed by atoms with van der Waals surface area (Å²) in [6.07, 6.45) is 4.99. The molecule has 3 aromatic rings. The van der Waals surface area contributed by atoms with Crippen LogP contribution in [0.5, 0.6) is 0 Å². The minimum absolute atomic E-state index is 0.00711. The molecule has 4 rings (SSSR count). The van der Waals surface area contributed by atoms with Crippen molar-refractivity contribution in [1.29, 1.82) is 5.26 Å². The van der Waals surface area contributed by atoms with Crippen LogP contribution in [0.1, 0.15) is 21.6 Å². The number of nitrogens with two attached hydrogens (primary N) is 1.